The van der Waals surface area contributed by atoms with Gasteiger partial charge in [-0.25, -0.2) is 9.59 Å². The van der Waals surface area contributed by atoms with Gasteiger partial charge in [-0.2, -0.15) is 21.6 Å². The molecule has 0 amide bonds. The average Bonchev–Trinajstić information content (AvgIpc) is 2.69. The van der Waals surface area contributed by atoms with Crippen LogP contribution in [-0.2, 0) is 44.9 Å². The van der Waals surface area contributed by atoms with E-state index in [2.05, 4.69) is 4.74 Å². The lowest BCUT2D eigenvalue weighted by molar-refractivity contribution is -0.197. The number of hydrogen-bond acceptors (Lipinski definition) is 6. The minimum atomic E-state index is -5.26. The molecule has 0 aliphatic heterocycles. The third-order valence-electron chi connectivity index (χ3n) is 5.02. The molecule has 1 N–H and O–H groups in total. The molecule has 174 valence electrons. The molecule has 1 aromatic carbocycles. The molecule has 15 heteroatoms. The predicted octanol–water partition coefficient (Wildman–Crippen LogP) is -1.63. The normalized spacial score (nSPS) is 12.9. The Balaban J connectivity index is 3.88. The maximum Gasteiger partial charge on any atom is 0.426 e. The largest absolute Gasteiger partial charge is 0.462 e. The van der Waals surface area contributed by atoms with Crippen molar-refractivity contribution in [3.05, 3.63) is 33.4 Å². The molecule has 1 unspecified atom stereocenters. The lowest BCUT2D eigenvalue weighted by Gasteiger charge is -2.26. The van der Waals surface area contributed by atoms with Gasteiger partial charge in [-0.05, 0) is 29.2 Å². The number of alkyl halides is 3. The lowest BCUT2D eigenvalue weighted by atomic mass is 9.72. The summed E-state index contributed by atoms with van der Waals surface area (Å²) in [5.74, 6) is -4.23. The fourth-order valence-corrected chi connectivity index (χ4v) is 4.47. The van der Waals surface area contributed by atoms with E-state index in [4.69, 9.17) is 9.29 Å². The van der Waals surface area contributed by atoms with Crippen LogP contribution in [0.4, 0.5) is 13.2 Å². The number of benzene rings is 1. The number of esters is 2. The second-order valence-corrected chi connectivity index (χ2v) is 8.48. The first kappa shape index (κ1) is 28.2. The molecule has 0 saturated heterocycles. The summed E-state index contributed by atoms with van der Waals surface area (Å²) in [6.45, 7) is 1.53. The summed E-state index contributed by atoms with van der Waals surface area (Å²) in [6, 6.07) is 0. The van der Waals surface area contributed by atoms with Gasteiger partial charge in [0.2, 0.25) is 6.10 Å². The first-order valence-corrected chi connectivity index (χ1v) is 12.0. The number of rotatable bonds is 10. The zero-order valence-electron chi connectivity index (χ0n) is 18.8. The van der Waals surface area contributed by atoms with Gasteiger partial charge in [-0.1, -0.05) is 25.3 Å². The van der Waals surface area contributed by atoms with Crippen LogP contribution in [0, 0.1) is 0 Å². The maximum absolute atomic E-state index is 13.4. The number of halogens is 3. The van der Waals surface area contributed by atoms with Crippen LogP contribution in [0.2, 0.25) is 0 Å². The monoisotopic (exact) mass is 474 g/mol. The van der Waals surface area contributed by atoms with Crippen molar-refractivity contribution in [3.8, 4) is 0 Å². The Hall–Kier alpha value is -1.88. The van der Waals surface area contributed by atoms with Gasteiger partial charge in [0.15, 0.2) is 0 Å². The van der Waals surface area contributed by atoms with E-state index in [0.29, 0.717) is 30.1 Å². The minimum Gasteiger partial charge on any atom is -0.462 e. The van der Waals surface area contributed by atoms with E-state index in [-0.39, 0.29) is 24.1 Å². The Morgan fingerprint density at radius 3 is 1.62 bits per heavy atom. The van der Waals surface area contributed by atoms with E-state index in [0.717, 1.165) is 11.1 Å². The van der Waals surface area contributed by atoms with Crippen LogP contribution in [-0.4, -0.2) is 80.9 Å². The molecular formula is C17H25B4F3O7S. The number of ether oxygens (including phenoxy) is 2. The molecule has 0 heterocycles. The molecule has 7 nitrogen and oxygen atoms in total. The van der Waals surface area contributed by atoms with Crippen molar-refractivity contribution < 1.29 is 45.2 Å². The SMILES string of the molecule is BCc1c(CB)c(CB)c(C(=O)OC(CS(=O)(=O)O)C(F)(F)F)c(C(=O)OCC)c1CB. The van der Waals surface area contributed by atoms with Crippen LogP contribution < -0.4 is 0 Å². The van der Waals surface area contributed by atoms with E-state index in [1.807, 2.05) is 15.7 Å². The Bertz CT molecular complexity index is 968. The van der Waals surface area contributed by atoms with Crippen molar-refractivity contribution in [1.29, 1.82) is 0 Å². The molecule has 32 heavy (non-hydrogen) atoms. The molecule has 0 aromatic heterocycles. The third kappa shape index (κ3) is 6.57. The number of hydrogen-bond donors (Lipinski definition) is 1. The number of carbonyl (C=O) groups excluding carboxylic acids is 2. The van der Waals surface area contributed by atoms with Crippen molar-refractivity contribution in [3.63, 3.8) is 0 Å². The van der Waals surface area contributed by atoms with E-state index in [1.54, 1.807) is 22.6 Å². The fourth-order valence-electron chi connectivity index (χ4n) is 3.83. The van der Waals surface area contributed by atoms with Gasteiger partial charge in [0.1, 0.15) is 37.1 Å². The van der Waals surface area contributed by atoms with Crippen LogP contribution in [0.15, 0.2) is 0 Å². The second kappa shape index (κ2) is 11.3. The van der Waals surface area contributed by atoms with Gasteiger partial charge in [0, 0.05) is 0 Å². The second-order valence-electron chi connectivity index (χ2n) is 6.98. The Kier molecular flexibility index (Phi) is 9.95. The Labute approximate surface area is 189 Å². The van der Waals surface area contributed by atoms with Gasteiger partial charge >= 0.3 is 18.1 Å². The highest BCUT2D eigenvalue weighted by atomic mass is 32.2. The zero-order valence-corrected chi connectivity index (χ0v) is 19.6. The van der Waals surface area contributed by atoms with Crippen molar-refractivity contribution >= 4 is 53.4 Å². The molecule has 0 bridgehead atoms. The topological polar surface area (TPSA) is 107 Å². The van der Waals surface area contributed by atoms with Crippen LogP contribution in [0.25, 0.3) is 0 Å². The molecule has 0 saturated carbocycles. The minimum absolute atomic E-state index is 0.0249. The number of carbonyl (C=O) groups is 2. The Morgan fingerprint density at radius 2 is 1.31 bits per heavy atom. The predicted molar refractivity (Wildman–Crippen MR) is 123 cm³/mol. The Morgan fingerprint density at radius 1 is 0.906 bits per heavy atom. The molecule has 1 atom stereocenters. The summed E-state index contributed by atoms with van der Waals surface area (Å²) in [5.41, 5.74) is 1.84. The highest BCUT2D eigenvalue weighted by molar-refractivity contribution is 7.85. The van der Waals surface area contributed by atoms with Crippen LogP contribution in [0.1, 0.15) is 49.9 Å². The van der Waals surface area contributed by atoms with Crippen LogP contribution >= 0.6 is 0 Å². The average molecular weight is 474 g/mol. The van der Waals surface area contributed by atoms with Crippen LogP contribution in [0.5, 0.6) is 0 Å². The van der Waals surface area contributed by atoms with Gasteiger partial charge in [-0.3, -0.25) is 4.55 Å². The molecule has 0 spiro atoms. The smallest absolute Gasteiger partial charge is 0.426 e. The van der Waals surface area contributed by atoms with Gasteiger partial charge in [-0.15, -0.1) is 0 Å². The van der Waals surface area contributed by atoms with Crippen molar-refractivity contribution in [2.24, 2.45) is 0 Å². The van der Waals surface area contributed by atoms with E-state index in [9.17, 15) is 31.2 Å². The standard InChI is InChI=1S/C17H25B4F3O7S/c1-2-30-15(25)13-10(5-20)8(3-18)9(4-19)11(6-21)14(13)16(26)31-12(17(22,23)24)7-32(27,28)29/h12H,2-7,18-21H2,1H3,(H,27,28,29). The summed E-state index contributed by atoms with van der Waals surface area (Å²) in [6.07, 6.45) is -6.86. The van der Waals surface area contributed by atoms with E-state index in [1.165, 1.54) is 0 Å². The van der Waals surface area contributed by atoms with Crippen molar-refractivity contribution in [2.75, 3.05) is 12.4 Å². The summed E-state index contributed by atoms with van der Waals surface area (Å²) in [5, 5.41) is 0. The molecule has 1 rings (SSSR count). The molecule has 0 radical (unpaired) electrons. The van der Waals surface area contributed by atoms with Gasteiger partial charge in [0.25, 0.3) is 10.1 Å². The van der Waals surface area contributed by atoms with Crippen molar-refractivity contribution in [2.45, 2.75) is 44.5 Å². The first-order chi connectivity index (χ1) is 14.8. The lowest BCUT2D eigenvalue weighted by Crippen LogP contribution is -2.40. The molecule has 0 aliphatic carbocycles. The summed E-state index contributed by atoms with van der Waals surface area (Å²) in [7, 11) is 2.01. The van der Waals surface area contributed by atoms with Gasteiger partial charge in [0.05, 0.1) is 17.7 Å². The molecular weight excluding hydrogens is 448 g/mol. The fraction of sp³-hybridized carbons (Fsp3) is 0.529. The van der Waals surface area contributed by atoms with E-state index >= 15 is 0 Å². The highest BCUT2D eigenvalue weighted by Gasteiger charge is 2.46. The van der Waals surface area contributed by atoms with Gasteiger partial charge < -0.3 is 9.47 Å². The summed E-state index contributed by atoms with van der Waals surface area (Å²) < 4.78 is 80.7. The zero-order chi connectivity index (χ0) is 24.9. The first-order valence-electron chi connectivity index (χ1n) is 10.4. The third-order valence-corrected chi connectivity index (χ3v) is 5.74. The molecule has 0 fully saturated rings. The van der Waals surface area contributed by atoms with Crippen LogP contribution in [0.3, 0.4) is 0 Å². The van der Waals surface area contributed by atoms with E-state index < -0.39 is 40.1 Å². The summed E-state index contributed by atoms with van der Waals surface area (Å²) >= 11 is 0. The highest BCUT2D eigenvalue weighted by Crippen LogP contribution is 2.32. The summed E-state index contributed by atoms with van der Waals surface area (Å²) in [4.78, 5) is 25.8. The maximum atomic E-state index is 13.4. The molecule has 0 aliphatic rings. The quantitative estimate of drug-likeness (QED) is 0.247. The molecule has 1 aromatic rings. The van der Waals surface area contributed by atoms with Crippen molar-refractivity contribution in [1.82, 2.24) is 0 Å².